The number of unbranched alkanes of at least 4 members (excludes halogenated alkanes) is 3. The molecule has 42 heavy (non-hydrogen) atoms. The van der Waals surface area contributed by atoms with Gasteiger partial charge in [0, 0.05) is 20.1 Å². The Morgan fingerprint density at radius 1 is 0.738 bits per heavy atom. The van der Waals surface area contributed by atoms with Crippen LogP contribution in [0.15, 0.2) is 0 Å². The zero-order valence-electron chi connectivity index (χ0n) is 26.5. The number of carbonyl (C=O) groups is 1. The maximum absolute atomic E-state index is 10.8. The Bertz CT molecular complexity index is 1170. The number of rotatable bonds is 13. The monoisotopic (exact) mass is 571 g/mol. The minimum Gasteiger partial charge on any atom is -0.376 e. The van der Waals surface area contributed by atoms with Gasteiger partial charge >= 0.3 is 0 Å². The van der Waals surface area contributed by atoms with Gasteiger partial charge in [-0.2, -0.15) is 0 Å². The molecule has 0 saturated carbocycles. The summed E-state index contributed by atoms with van der Waals surface area (Å²) in [6.45, 7) is 17.1. The second kappa shape index (κ2) is 26.1. The van der Waals surface area contributed by atoms with Crippen molar-refractivity contribution in [3.63, 3.8) is 0 Å². The lowest BCUT2D eigenvalue weighted by molar-refractivity contribution is -0.118. The molecule has 1 aliphatic rings. The van der Waals surface area contributed by atoms with Crippen LogP contribution in [0.3, 0.4) is 0 Å². The molecule has 1 fully saturated rings. The van der Waals surface area contributed by atoms with Gasteiger partial charge in [0.2, 0.25) is 5.91 Å². The third-order valence-electron chi connectivity index (χ3n) is 5.26. The molecule has 1 amide bonds. The van der Waals surface area contributed by atoms with Gasteiger partial charge in [0.25, 0.3) is 0 Å². The molecule has 1 rings (SSSR count). The van der Waals surface area contributed by atoms with Crippen molar-refractivity contribution in [2.75, 3.05) is 19.8 Å². The van der Waals surface area contributed by atoms with Crippen LogP contribution in [-0.4, -0.2) is 62.3 Å². The van der Waals surface area contributed by atoms with Crippen LogP contribution in [0.4, 0.5) is 0 Å². The summed E-state index contributed by atoms with van der Waals surface area (Å²) >= 11 is 0. The molecule has 0 bridgehead atoms. The number of amides is 1. The fourth-order valence-electron chi connectivity index (χ4n) is 3.54. The molecule has 1 unspecified atom stereocenters. The van der Waals surface area contributed by atoms with Gasteiger partial charge in [0.15, 0.2) is 0 Å². The molecule has 0 aromatic rings. The lowest BCUT2D eigenvalue weighted by atomic mass is 10.1. The smallest absolute Gasteiger partial charge is 0.216 e. The van der Waals surface area contributed by atoms with Crippen LogP contribution < -0.4 is 5.32 Å². The number of ether oxygens (including phenoxy) is 4. The average molecular weight is 572 g/mol. The molecule has 1 N–H and O–H groups in total. The van der Waals surface area contributed by atoms with E-state index in [0.717, 1.165) is 32.2 Å². The first kappa shape index (κ1) is 38.2. The van der Waals surface area contributed by atoms with E-state index in [2.05, 4.69) is 88.2 Å². The summed E-state index contributed by atoms with van der Waals surface area (Å²) < 4.78 is 24.0. The SMILES string of the molecule is CC#CC#CC#CC#CC#CC#CC#CC.CC(=O)NCCCCCCO[C@H]1[C@H](C)OC(COC(C)C)[C@H]1OC(C)C. The highest BCUT2D eigenvalue weighted by Gasteiger charge is 2.44. The van der Waals surface area contributed by atoms with Gasteiger partial charge in [0.1, 0.15) is 18.3 Å². The largest absolute Gasteiger partial charge is 0.376 e. The molecule has 4 atom stereocenters. The lowest BCUT2D eigenvalue weighted by Crippen LogP contribution is -2.40. The van der Waals surface area contributed by atoms with Gasteiger partial charge in [-0.1, -0.05) is 24.7 Å². The predicted molar refractivity (Wildman–Crippen MR) is 168 cm³/mol. The van der Waals surface area contributed by atoms with Crippen LogP contribution in [0.1, 0.15) is 81.1 Å². The highest BCUT2D eigenvalue weighted by atomic mass is 16.6. The number of carbonyl (C=O) groups excluding carboxylic acids is 1. The van der Waals surface area contributed by atoms with Crippen molar-refractivity contribution in [3.05, 3.63) is 0 Å². The van der Waals surface area contributed by atoms with E-state index in [1.807, 2.05) is 34.6 Å². The Morgan fingerprint density at radius 3 is 1.69 bits per heavy atom. The topological polar surface area (TPSA) is 66.0 Å². The molecule has 1 aliphatic heterocycles. The Morgan fingerprint density at radius 2 is 1.24 bits per heavy atom. The Hall–Kier alpha value is -3.77. The third kappa shape index (κ3) is 22.0. The fraction of sp³-hybridized carbons (Fsp3) is 0.583. The second-order valence-electron chi connectivity index (χ2n) is 9.64. The summed E-state index contributed by atoms with van der Waals surface area (Å²) in [6, 6.07) is 0. The quantitative estimate of drug-likeness (QED) is 0.266. The van der Waals surface area contributed by atoms with E-state index < -0.39 is 0 Å². The van der Waals surface area contributed by atoms with E-state index in [1.165, 1.54) is 0 Å². The predicted octanol–water partition coefficient (Wildman–Crippen LogP) is 4.12. The summed E-state index contributed by atoms with van der Waals surface area (Å²) in [5.41, 5.74) is 0. The Balaban J connectivity index is 0.000000903. The van der Waals surface area contributed by atoms with Crippen LogP contribution in [-0.2, 0) is 23.7 Å². The van der Waals surface area contributed by atoms with E-state index in [4.69, 9.17) is 18.9 Å². The van der Waals surface area contributed by atoms with E-state index in [-0.39, 0.29) is 42.5 Å². The first-order valence-corrected chi connectivity index (χ1v) is 14.3. The normalized spacial score (nSPS) is 17.6. The molecule has 0 radical (unpaired) electrons. The Labute approximate surface area is 255 Å². The summed E-state index contributed by atoms with van der Waals surface area (Å²) in [4.78, 5) is 10.8. The summed E-state index contributed by atoms with van der Waals surface area (Å²) in [6.07, 6.45) is 4.26. The van der Waals surface area contributed by atoms with Gasteiger partial charge in [-0.3, -0.25) is 4.79 Å². The van der Waals surface area contributed by atoms with Gasteiger partial charge in [0.05, 0.1) is 24.9 Å². The van der Waals surface area contributed by atoms with Crippen LogP contribution in [0.5, 0.6) is 0 Å². The van der Waals surface area contributed by atoms with Crippen LogP contribution in [0.25, 0.3) is 0 Å². The maximum Gasteiger partial charge on any atom is 0.216 e. The van der Waals surface area contributed by atoms with Crippen molar-refractivity contribution >= 4 is 5.91 Å². The van der Waals surface area contributed by atoms with Gasteiger partial charge in [-0.05, 0) is 132 Å². The zero-order valence-corrected chi connectivity index (χ0v) is 26.5. The van der Waals surface area contributed by atoms with Gasteiger partial charge in [-0.15, -0.1) is 0 Å². The van der Waals surface area contributed by atoms with E-state index in [9.17, 15) is 4.79 Å². The van der Waals surface area contributed by atoms with E-state index in [1.54, 1.807) is 20.8 Å². The molecule has 224 valence electrons. The molecular formula is C36H45NO5. The van der Waals surface area contributed by atoms with Gasteiger partial charge < -0.3 is 24.3 Å². The fourth-order valence-corrected chi connectivity index (χ4v) is 3.54. The van der Waals surface area contributed by atoms with Crippen LogP contribution in [0.2, 0.25) is 0 Å². The first-order valence-electron chi connectivity index (χ1n) is 14.3. The van der Waals surface area contributed by atoms with E-state index in [0.29, 0.717) is 13.2 Å². The summed E-state index contributed by atoms with van der Waals surface area (Å²) in [5, 5.41) is 2.82. The van der Waals surface area contributed by atoms with Crippen molar-refractivity contribution in [1.29, 1.82) is 0 Å². The number of nitrogens with one attached hydrogen (secondary N) is 1. The minimum atomic E-state index is -0.0940. The first-order chi connectivity index (χ1) is 20.2. The highest BCUT2D eigenvalue weighted by molar-refractivity contribution is 5.72. The van der Waals surface area contributed by atoms with Crippen molar-refractivity contribution in [3.8, 4) is 82.9 Å². The van der Waals surface area contributed by atoms with Crippen molar-refractivity contribution in [2.45, 2.75) is 118 Å². The lowest BCUT2D eigenvalue weighted by Gasteiger charge is -2.26. The molecule has 6 heteroatoms. The highest BCUT2D eigenvalue weighted by Crippen LogP contribution is 2.28. The molecule has 0 spiro atoms. The summed E-state index contributed by atoms with van der Waals surface area (Å²) in [7, 11) is 0. The number of hydrogen-bond acceptors (Lipinski definition) is 5. The summed E-state index contributed by atoms with van der Waals surface area (Å²) in [5.74, 6) is 35.6. The van der Waals surface area contributed by atoms with E-state index >= 15 is 0 Å². The molecule has 0 aromatic heterocycles. The van der Waals surface area contributed by atoms with Crippen LogP contribution >= 0.6 is 0 Å². The van der Waals surface area contributed by atoms with Gasteiger partial charge in [-0.25, -0.2) is 0 Å². The molecule has 0 aliphatic carbocycles. The molecule has 0 aromatic carbocycles. The van der Waals surface area contributed by atoms with Crippen LogP contribution in [0, 0.1) is 82.9 Å². The maximum atomic E-state index is 10.8. The minimum absolute atomic E-state index is 0.000668. The standard InChI is InChI=1S/C20H39NO5.C16H6/c1-14(2)24-13-18-20(25-15(3)4)19(16(5)26-18)23-12-10-8-7-9-11-21-17(6)22;1-3-5-7-9-11-13-15-16-14-12-10-8-6-4-2/h14-16,18-20H,7-13H2,1-6H3,(H,21,22);1-2H3/t16-,18?,19-,20+;/m0./s1. The molecular weight excluding hydrogens is 526 g/mol. The van der Waals surface area contributed by atoms with Crippen molar-refractivity contribution in [2.24, 2.45) is 0 Å². The second-order valence-corrected chi connectivity index (χ2v) is 9.64. The number of hydrogen-bond donors (Lipinski definition) is 1. The third-order valence-corrected chi connectivity index (χ3v) is 5.26. The molecule has 1 heterocycles. The molecule has 6 nitrogen and oxygen atoms in total. The Kier molecular flexibility index (Phi) is 23.8. The van der Waals surface area contributed by atoms with Crippen molar-refractivity contribution in [1.82, 2.24) is 5.32 Å². The average Bonchev–Trinajstić information content (AvgIpc) is 3.22. The molecule has 1 saturated heterocycles. The zero-order chi connectivity index (χ0) is 31.4. The van der Waals surface area contributed by atoms with Crippen molar-refractivity contribution < 1.29 is 23.7 Å².